The maximum Gasteiger partial charge on any atom is 0.251 e. The summed E-state index contributed by atoms with van der Waals surface area (Å²) in [6, 6.07) is 7.18. The Morgan fingerprint density at radius 1 is 1.27 bits per heavy atom. The summed E-state index contributed by atoms with van der Waals surface area (Å²) in [5.74, 6) is 1.99. The van der Waals surface area contributed by atoms with Gasteiger partial charge in [0.2, 0.25) is 0 Å². The normalized spacial score (nSPS) is 14.0. The Bertz CT molecular complexity index is 867. The maximum atomic E-state index is 12.8. The van der Waals surface area contributed by atoms with Crippen LogP contribution in [0.3, 0.4) is 0 Å². The molecule has 1 aliphatic heterocycles. The Morgan fingerprint density at radius 2 is 2.03 bits per heavy atom. The molecule has 1 amide bonds. The van der Waals surface area contributed by atoms with Gasteiger partial charge in [-0.25, -0.2) is 4.98 Å². The molecule has 0 atom stereocenters. The number of amides is 1. The lowest BCUT2D eigenvalue weighted by Gasteiger charge is -2.29. The van der Waals surface area contributed by atoms with Gasteiger partial charge in [-0.2, -0.15) is 0 Å². The SMILES string of the molecule is COc1cc(C(=O)NCc2cccnc2N2CCCCC2)cc(Cl)c1OCC(C)C. The van der Waals surface area contributed by atoms with Gasteiger partial charge in [-0.1, -0.05) is 31.5 Å². The number of carbonyl (C=O) groups is 1. The molecule has 2 aromatic rings. The van der Waals surface area contributed by atoms with Gasteiger partial charge in [-0.3, -0.25) is 4.79 Å². The van der Waals surface area contributed by atoms with Crippen molar-refractivity contribution in [3.8, 4) is 11.5 Å². The molecule has 0 aliphatic carbocycles. The topological polar surface area (TPSA) is 63.7 Å². The second kappa shape index (κ2) is 10.5. The number of benzene rings is 1. The molecule has 0 saturated carbocycles. The van der Waals surface area contributed by atoms with E-state index < -0.39 is 0 Å². The van der Waals surface area contributed by atoms with Gasteiger partial charge in [0.1, 0.15) is 5.82 Å². The first-order valence-electron chi connectivity index (χ1n) is 10.5. The lowest BCUT2D eigenvalue weighted by atomic mass is 10.1. The molecule has 162 valence electrons. The fraction of sp³-hybridized carbons (Fsp3) is 0.478. The highest BCUT2D eigenvalue weighted by Crippen LogP contribution is 2.36. The fourth-order valence-electron chi connectivity index (χ4n) is 3.48. The summed E-state index contributed by atoms with van der Waals surface area (Å²) in [4.78, 5) is 19.7. The van der Waals surface area contributed by atoms with Crippen LogP contribution in [0.2, 0.25) is 5.02 Å². The molecule has 30 heavy (non-hydrogen) atoms. The van der Waals surface area contributed by atoms with Crippen LogP contribution in [0.5, 0.6) is 11.5 Å². The molecular weight excluding hydrogens is 402 g/mol. The van der Waals surface area contributed by atoms with Crippen LogP contribution in [0.25, 0.3) is 0 Å². The molecule has 6 nitrogen and oxygen atoms in total. The largest absolute Gasteiger partial charge is 0.493 e. The number of hydrogen-bond donors (Lipinski definition) is 1. The summed E-state index contributed by atoms with van der Waals surface area (Å²) >= 11 is 6.38. The molecule has 1 saturated heterocycles. The molecule has 1 fully saturated rings. The van der Waals surface area contributed by atoms with E-state index in [9.17, 15) is 4.79 Å². The maximum absolute atomic E-state index is 12.8. The summed E-state index contributed by atoms with van der Waals surface area (Å²) < 4.78 is 11.2. The molecule has 0 unspecified atom stereocenters. The summed E-state index contributed by atoms with van der Waals surface area (Å²) in [5, 5.41) is 3.34. The van der Waals surface area contributed by atoms with Crippen LogP contribution >= 0.6 is 11.6 Å². The zero-order chi connectivity index (χ0) is 21.5. The van der Waals surface area contributed by atoms with Gasteiger partial charge >= 0.3 is 0 Å². The van der Waals surface area contributed by atoms with Gasteiger partial charge in [0.25, 0.3) is 5.91 Å². The monoisotopic (exact) mass is 431 g/mol. The standard InChI is InChI=1S/C23H30ClN3O3/c1-16(2)15-30-21-19(24)12-18(13-20(21)29-3)23(28)26-14-17-8-7-9-25-22(17)27-10-5-4-6-11-27/h7-9,12-13,16H,4-6,10-11,14-15H2,1-3H3,(H,26,28). The van der Waals surface area contributed by atoms with Crippen molar-refractivity contribution in [3.05, 3.63) is 46.6 Å². The lowest BCUT2D eigenvalue weighted by Crippen LogP contribution is -2.32. The number of halogens is 1. The van der Waals surface area contributed by atoms with Crippen molar-refractivity contribution in [2.24, 2.45) is 5.92 Å². The molecule has 1 N–H and O–H groups in total. The molecule has 3 rings (SSSR count). The highest BCUT2D eigenvalue weighted by Gasteiger charge is 2.18. The summed E-state index contributed by atoms with van der Waals surface area (Å²) in [7, 11) is 1.54. The average molecular weight is 432 g/mol. The van der Waals surface area contributed by atoms with Crippen molar-refractivity contribution >= 4 is 23.3 Å². The van der Waals surface area contributed by atoms with Crippen LogP contribution in [0.4, 0.5) is 5.82 Å². The van der Waals surface area contributed by atoms with Gasteiger partial charge in [0, 0.05) is 37.0 Å². The minimum atomic E-state index is -0.223. The van der Waals surface area contributed by atoms with Crippen molar-refractivity contribution < 1.29 is 14.3 Å². The Morgan fingerprint density at radius 3 is 2.73 bits per heavy atom. The predicted octanol–water partition coefficient (Wildman–Crippen LogP) is 4.70. The summed E-state index contributed by atoms with van der Waals surface area (Å²) in [6.45, 7) is 7.02. The zero-order valence-corrected chi connectivity index (χ0v) is 18.7. The van der Waals surface area contributed by atoms with Crippen LogP contribution in [0.15, 0.2) is 30.5 Å². The van der Waals surface area contributed by atoms with Crippen LogP contribution in [0.1, 0.15) is 49.0 Å². The molecule has 1 aromatic heterocycles. The minimum absolute atomic E-state index is 0.223. The summed E-state index contributed by atoms with van der Waals surface area (Å²) in [6.07, 6.45) is 5.41. The molecule has 0 spiro atoms. The van der Waals surface area contributed by atoms with E-state index in [2.05, 4.69) is 29.0 Å². The van der Waals surface area contributed by atoms with E-state index in [-0.39, 0.29) is 5.91 Å². The van der Waals surface area contributed by atoms with Crippen LogP contribution in [0, 0.1) is 5.92 Å². The van der Waals surface area contributed by atoms with Crippen molar-refractivity contribution in [1.82, 2.24) is 10.3 Å². The first kappa shape index (κ1) is 22.2. The van der Waals surface area contributed by atoms with Crippen molar-refractivity contribution in [2.45, 2.75) is 39.7 Å². The first-order chi connectivity index (χ1) is 14.5. The Labute approximate surface area is 183 Å². The number of piperidine rings is 1. The number of methoxy groups -OCH3 is 1. The number of aromatic nitrogens is 1. The number of anilines is 1. The van der Waals surface area contributed by atoms with Crippen LogP contribution < -0.4 is 19.7 Å². The number of pyridine rings is 1. The smallest absolute Gasteiger partial charge is 0.251 e. The van der Waals surface area contributed by atoms with E-state index in [1.807, 2.05) is 12.1 Å². The van der Waals surface area contributed by atoms with E-state index in [1.165, 1.54) is 26.4 Å². The van der Waals surface area contributed by atoms with Gasteiger partial charge in [-0.05, 0) is 43.4 Å². The molecule has 0 radical (unpaired) electrons. The fourth-order valence-corrected chi connectivity index (χ4v) is 3.74. The number of ether oxygens (including phenoxy) is 2. The zero-order valence-electron chi connectivity index (χ0n) is 17.9. The van der Waals surface area contributed by atoms with E-state index in [0.717, 1.165) is 24.5 Å². The molecule has 7 heteroatoms. The lowest BCUT2D eigenvalue weighted by molar-refractivity contribution is 0.0950. The summed E-state index contributed by atoms with van der Waals surface area (Å²) in [5.41, 5.74) is 1.43. The number of hydrogen-bond acceptors (Lipinski definition) is 5. The molecule has 1 aromatic carbocycles. The number of nitrogens with zero attached hydrogens (tertiary/aromatic N) is 2. The number of carbonyl (C=O) groups excluding carboxylic acids is 1. The molecular formula is C23H30ClN3O3. The third kappa shape index (κ3) is 5.57. The predicted molar refractivity (Wildman–Crippen MR) is 120 cm³/mol. The first-order valence-corrected chi connectivity index (χ1v) is 10.8. The number of rotatable bonds is 8. The minimum Gasteiger partial charge on any atom is -0.493 e. The van der Waals surface area contributed by atoms with Crippen molar-refractivity contribution in [3.63, 3.8) is 0 Å². The van der Waals surface area contributed by atoms with E-state index in [0.29, 0.717) is 41.2 Å². The van der Waals surface area contributed by atoms with Crippen LogP contribution in [-0.2, 0) is 6.54 Å². The Balaban J connectivity index is 1.72. The van der Waals surface area contributed by atoms with Gasteiger partial charge in [0.15, 0.2) is 11.5 Å². The average Bonchev–Trinajstić information content (AvgIpc) is 2.76. The van der Waals surface area contributed by atoms with Gasteiger partial charge < -0.3 is 19.7 Å². The van der Waals surface area contributed by atoms with E-state index in [1.54, 1.807) is 18.3 Å². The van der Waals surface area contributed by atoms with Crippen LogP contribution in [-0.4, -0.2) is 37.7 Å². The van der Waals surface area contributed by atoms with E-state index >= 15 is 0 Å². The quantitative estimate of drug-likeness (QED) is 0.656. The van der Waals surface area contributed by atoms with Crippen molar-refractivity contribution in [1.29, 1.82) is 0 Å². The second-order valence-corrected chi connectivity index (χ2v) is 8.32. The third-order valence-electron chi connectivity index (χ3n) is 5.02. The second-order valence-electron chi connectivity index (χ2n) is 7.91. The highest BCUT2D eigenvalue weighted by atomic mass is 35.5. The highest BCUT2D eigenvalue weighted by molar-refractivity contribution is 6.32. The Kier molecular flexibility index (Phi) is 7.80. The third-order valence-corrected chi connectivity index (χ3v) is 5.30. The van der Waals surface area contributed by atoms with E-state index in [4.69, 9.17) is 21.1 Å². The van der Waals surface area contributed by atoms with Gasteiger partial charge in [0.05, 0.1) is 18.7 Å². The molecule has 2 heterocycles. The molecule has 0 bridgehead atoms. The Hall–Kier alpha value is -2.47. The van der Waals surface area contributed by atoms with Gasteiger partial charge in [-0.15, -0.1) is 0 Å². The molecule has 1 aliphatic rings. The number of nitrogens with one attached hydrogen (secondary N) is 1. The van der Waals surface area contributed by atoms with Crippen molar-refractivity contribution in [2.75, 3.05) is 31.7 Å².